The van der Waals surface area contributed by atoms with Crippen LogP contribution in [0.25, 0.3) is 0 Å². The lowest BCUT2D eigenvalue weighted by atomic mass is 10.7. The highest BCUT2D eigenvalue weighted by molar-refractivity contribution is 7.01. The van der Waals surface area contributed by atoms with Gasteiger partial charge in [-0.3, -0.25) is 0 Å². The molecule has 0 fully saturated rings. The molecule has 0 aliphatic carbocycles. The highest BCUT2D eigenvalue weighted by atomic mass is 32.1. The first-order chi connectivity index (χ1) is 3.70. The van der Waals surface area contributed by atoms with Crippen molar-refractivity contribution in [3.05, 3.63) is 10.8 Å². The van der Waals surface area contributed by atoms with E-state index in [0.717, 1.165) is 10.8 Å². The predicted octanol–water partition coefficient (Wildman–Crippen LogP) is 0.584. The van der Waals surface area contributed by atoms with E-state index in [4.69, 9.17) is 0 Å². The smallest absolute Gasteiger partial charge is 0.176 e. The van der Waals surface area contributed by atoms with Gasteiger partial charge in [-0.15, -0.1) is 0 Å². The van der Waals surface area contributed by atoms with Crippen molar-refractivity contribution in [2.75, 3.05) is 0 Å². The van der Waals surface area contributed by atoms with Crippen LogP contribution in [0, 0.1) is 13.8 Å². The van der Waals surface area contributed by atoms with Crippen LogP contribution in [-0.4, -0.2) is 4.98 Å². The van der Waals surface area contributed by atoms with Crippen molar-refractivity contribution in [1.29, 1.82) is 0 Å². The summed E-state index contributed by atoms with van der Waals surface area (Å²) in [5, 5.41) is 1.13. The minimum Gasteiger partial charge on any atom is -0.176 e. The van der Waals surface area contributed by atoms with E-state index in [1.54, 1.807) is 11.5 Å². The molecule has 1 rings (SSSR count). The van der Waals surface area contributed by atoms with Crippen LogP contribution < -0.4 is 3.96 Å². The second-order valence-electron chi connectivity index (χ2n) is 1.77. The van der Waals surface area contributed by atoms with Gasteiger partial charge in [0.15, 0.2) is 0 Å². The minimum absolute atomic E-state index is 1.09. The number of aromatic nitrogens is 2. The quantitative estimate of drug-likeness (QED) is 0.468. The highest BCUT2D eigenvalue weighted by Crippen LogP contribution is 1.95. The summed E-state index contributed by atoms with van der Waals surface area (Å²) < 4.78 is 2.05. The molecular weight excluding hydrogens is 120 g/mol. The fourth-order valence-electron chi connectivity index (χ4n) is 0.583. The predicted molar refractivity (Wildman–Crippen MR) is 32.8 cm³/mol. The molecule has 1 aromatic heterocycles. The molecule has 0 unspecified atom stereocenters. The maximum absolute atomic E-state index is 4.19. The largest absolute Gasteiger partial charge is 0.307 e. The molecule has 44 valence electrons. The Morgan fingerprint density at radius 2 is 2.12 bits per heavy atom. The maximum atomic E-state index is 4.19. The molecule has 0 aromatic carbocycles. The van der Waals surface area contributed by atoms with E-state index in [0.29, 0.717) is 0 Å². The van der Waals surface area contributed by atoms with Gasteiger partial charge in [0.25, 0.3) is 0 Å². The van der Waals surface area contributed by atoms with Gasteiger partial charge in [0.1, 0.15) is 0 Å². The molecule has 0 aliphatic heterocycles. The zero-order valence-electron chi connectivity index (χ0n) is 5.30. The van der Waals surface area contributed by atoms with Crippen molar-refractivity contribution in [1.82, 2.24) is 4.98 Å². The number of hydrogen-bond acceptors (Lipinski definition) is 2. The van der Waals surface area contributed by atoms with Crippen molar-refractivity contribution in [3.63, 3.8) is 0 Å². The Labute approximate surface area is 53.0 Å². The average molecular weight is 129 g/mol. The Kier molecular flexibility index (Phi) is 1.29. The second-order valence-corrected chi connectivity index (χ2v) is 3.09. The van der Waals surface area contributed by atoms with E-state index >= 15 is 0 Å². The number of aryl methyl sites for hydroxylation is 3. The van der Waals surface area contributed by atoms with Gasteiger partial charge in [0.2, 0.25) is 5.01 Å². The van der Waals surface area contributed by atoms with Gasteiger partial charge in [-0.25, -0.2) is 0 Å². The zero-order valence-corrected chi connectivity index (χ0v) is 6.12. The molecular formula is C5H9N2S+. The first kappa shape index (κ1) is 5.69. The molecule has 0 aliphatic rings. The highest BCUT2D eigenvalue weighted by Gasteiger charge is 2.06. The summed E-state index contributed by atoms with van der Waals surface area (Å²) in [6, 6.07) is 0. The van der Waals surface area contributed by atoms with Crippen molar-refractivity contribution in [2.24, 2.45) is 7.05 Å². The van der Waals surface area contributed by atoms with Crippen LogP contribution in [0.3, 0.4) is 0 Å². The van der Waals surface area contributed by atoms with Gasteiger partial charge in [-0.05, 0) is 4.98 Å². The minimum atomic E-state index is 1.09. The standard InChI is InChI=1S/C5H9N2S/c1-4-6-5(2)8-7(4)3/h1-3H3/q+1. The first-order valence-corrected chi connectivity index (χ1v) is 3.28. The fraction of sp³-hybridized carbons (Fsp3) is 0.600. The van der Waals surface area contributed by atoms with Gasteiger partial charge in [-0.1, -0.05) is 0 Å². The maximum Gasteiger partial charge on any atom is 0.307 e. The lowest BCUT2D eigenvalue weighted by Crippen LogP contribution is -2.24. The molecule has 2 nitrogen and oxygen atoms in total. The van der Waals surface area contributed by atoms with E-state index < -0.39 is 0 Å². The summed E-state index contributed by atoms with van der Waals surface area (Å²) in [7, 11) is 2.01. The summed E-state index contributed by atoms with van der Waals surface area (Å²) in [5.41, 5.74) is 0. The molecule has 0 saturated carbocycles. The summed E-state index contributed by atoms with van der Waals surface area (Å²) >= 11 is 1.67. The van der Waals surface area contributed by atoms with E-state index in [-0.39, 0.29) is 0 Å². The molecule has 0 saturated heterocycles. The van der Waals surface area contributed by atoms with Crippen LogP contribution in [0.2, 0.25) is 0 Å². The molecule has 0 atom stereocenters. The van der Waals surface area contributed by atoms with Gasteiger partial charge < -0.3 is 0 Å². The Balaban J connectivity index is 3.14. The van der Waals surface area contributed by atoms with Crippen LogP contribution in [0.15, 0.2) is 0 Å². The summed E-state index contributed by atoms with van der Waals surface area (Å²) in [4.78, 5) is 4.19. The Morgan fingerprint density at radius 3 is 2.25 bits per heavy atom. The molecule has 0 radical (unpaired) electrons. The number of rotatable bonds is 0. The van der Waals surface area contributed by atoms with E-state index in [1.165, 1.54) is 0 Å². The molecule has 0 amide bonds. The van der Waals surface area contributed by atoms with Gasteiger partial charge in [0, 0.05) is 13.8 Å². The van der Waals surface area contributed by atoms with Crippen LogP contribution in [0.1, 0.15) is 10.8 Å². The number of nitrogens with zero attached hydrogens (tertiary/aromatic N) is 2. The summed E-state index contributed by atoms with van der Waals surface area (Å²) in [6.45, 7) is 4.02. The topological polar surface area (TPSA) is 16.8 Å². The van der Waals surface area contributed by atoms with Crippen molar-refractivity contribution >= 4 is 11.5 Å². The molecule has 0 N–H and O–H groups in total. The normalized spacial score (nSPS) is 9.88. The lowest BCUT2D eigenvalue weighted by molar-refractivity contribution is -0.610. The van der Waals surface area contributed by atoms with Gasteiger partial charge >= 0.3 is 5.82 Å². The Bertz CT molecular complexity index is 173. The SMILES string of the molecule is Cc1nc(C)[n+](C)s1. The average Bonchev–Trinajstić information content (AvgIpc) is 1.85. The zero-order chi connectivity index (χ0) is 6.15. The van der Waals surface area contributed by atoms with E-state index in [9.17, 15) is 0 Å². The van der Waals surface area contributed by atoms with Crippen LogP contribution in [0.4, 0.5) is 0 Å². The Hall–Kier alpha value is -0.440. The fourth-order valence-corrected chi connectivity index (χ4v) is 1.33. The van der Waals surface area contributed by atoms with E-state index in [1.807, 2.05) is 20.9 Å². The van der Waals surface area contributed by atoms with Gasteiger partial charge in [0.05, 0.1) is 18.6 Å². The molecule has 0 spiro atoms. The Morgan fingerprint density at radius 1 is 1.50 bits per heavy atom. The lowest BCUT2D eigenvalue weighted by Gasteiger charge is -1.72. The van der Waals surface area contributed by atoms with Crippen LogP contribution >= 0.6 is 11.5 Å². The third kappa shape index (κ3) is 0.865. The van der Waals surface area contributed by atoms with E-state index in [2.05, 4.69) is 8.94 Å². The summed E-state index contributed by atoms with van der Waals surface area (Å²) in [6.07, 6.45) is 0. The number of hydrogen-bond donors (Lipinski definition) is 0. The first-order valence-electron chi connectivity index (χ1n) is 2.50. The van der Waals surface area contributed by atoms with Crippen molar-refractivity contribution < 1.29 is 3.96 Å². The molecule has 1 heterocycles. The third-order valence-corrected chi connectivity index (χ3v) is 1.94. The summed E-state index contributed by atoms with van der Waals surface area (Å²) in [5.74, 6) is 1.09. The van der Waals surface area contributed by atoms with Crippen molar-refractivity contribution in [3.8, 4) is 0 Å². The van der Waals surface area contributed by atoms with Crippen LogP contribution in [-0.2, 0) is 7.05 Å². The third-order valence-electron chi connectivity index (χ3n) is 1.04. The molecule has 0 bridgehead atoms. The molecule has 8 heavy (non-hydrogen) atoms. The molecule has 3 heteroatoms. The second kappa shape index (κ2) is 1.82. The molecule has 1 aromatic rings. The van der Waals surface area contributed by atoms with Crippen molar-refractivity contribution in [2.45, 2.75) is 13.8 Å². The monoisotopic (exact) mass is 129 g/mol. The van der Waals surface area contributed by atoms with Crippen LogP contribution in [0.5, 0.6) is 0 Å². The van der Waals surface area contributed by atoms with Gasteiger partial charge in [-0.2, -0.15) is 3.96 Å².